The Hall–Kier alpha value is -7.86. The van der Waals surface area contributed by atoms with Gasteiger partial charge in [0.25, 0.3) is 0 Å². The van der Waals surface area contributed by atoms with Gasteiger partial charge in [0.15, 0.2) is 29.4 Å². The summed E-state index contributed by atoms with van der Waals surface area (Å²) in [7, 11) is 0. The van der Waals surface area contributed by atoms with Crippen LogP contribution in [0, 0.1) is 11.6 Å². The van der Waals surface area contributed by atoms with Crippen molar-refractivity contribution in [3.63, 3.8) is 0 Å². The molecule has 0 fully saturated rings. The first kappa shape index (κ1) is 57.3. The lowest BCUT2D eigenvalue weighted by atomic mass is 9.84. The van der Waals surface area contributed by atoms with Crippen LogP contribution in [0.4, 0.5) is 20.2 Å². The highest BCUT2D eigenvalue weighted by Gasteiger charge is 2.23. The van der Waals surface area contributed by atoms with Crippen LogP contribution in [0.5, 0.6) is 11.5 Å². The second-order valence-electron chi connectivity index (χ2n) is 23.8. The van der Waals surface area contributed by atoms with Gasteiger partial charge in [0.1, 0.15) is 10.0 Å². The van der Waals surface area contributed by atoms with E-state index in [0.717, 1.165) is 59.8 Å². The van der Waals surface area contributed by atoms with Gasteiger partial charge in [-0.25, -0.2) is 18.7 Å². The minimum Gasteiger partial charge on any atom is -0.504 e. The minimum absolute atomic E-state index is 0.0202. The summed E-state index contributed by atoms with van der Waals surface area (Å²) in [5, 5.41) is 20.7. The zero-order valence-corrected chi connectivity index (χ0v) is 48.6. The largest absolute Gasteiger partial charge is 0.504 e. The number of phenolic OH excluding ortho intramolecular Hbond substituents is 2. The van der Waals surface area contributed by atoms with Gasteiger partial charge in [-0.1, -0.05) is 168 Å². The van der Waals surface area contributed by atoms with Gasteiger partial charge in [-0.15, -0.1) is 22.7 Å². The zero-order chi connectivity index (χ0) is 57.2. The average Bonchev–Trinajstić information content (AvgIpc) is 4.22. The van der Waals surface area contributed by atoms with E-state index in [-0.39, 0.29) is 27.2 Å². The van der Waals surface area contributed by atoms with E-state index in [1.54, 1.807) is 34.8 Å². The number of phenols is 2. The Bertz CT molecular complexity index is 3850. The number of nitrogens with two attached hydrogens (primary N) is 1. The van der Waals surface area contributed by atoms with Gasteiger partial charge >= 0.3 is 0 Å². The molecular weight excluding hydrogens is 1020 g/mol. The van der Waals surface area contributed by atoms with Gasteiger partial charge < -0.3 is 15.9 Å². The lowest BCUT2D eigenvalue weighted by Gasteiger charge is -2.21. The van der Waals surface area contributed by atoms with Crippen molar-refractivity contribution in [3.05, 3.63) is 203 Å². The second-order valence-corrected chi connectivity index (χ2v) is 25.8. The number of benzene rings is 8. The monoisotopic (exact) mass is 1090 g/mol. The number of carbonyl (C=O) groups is 1. The third kappa shape index (κ3) is 13.2. The standard InChI is InChI=1S/C34H33FN2OS.C27H30N2S.C7H5FO2/c1-33(2,3)23-16-14-21(15-17-23)26-18-24(34(4,5)6)19-29-30(26)37-32(39-29)25-11-7-8-13-28(25)36-20-22-10-9-12-27(35)31(22)38;1-26(2,3)18-13-11-17(12-14-18)21-15-19(27(4,5)6)16-23-24(21)29-25(30-23)20-9-7-8-10-22(20)28;8-6-3-1-2-5(4-9)7(6)10/h7-20,38H,1-6H3;7-16H,28H2,1-6H3;1-4,10H. The molecule has 0 aliphatic rings. The number of halogens is 2. The van der Waals surface area contributed by atoms with Crippen molar-refractivity contribution in [3.8, 4) is 54.9 Å². The summed E-state index contributed by atoms with van der Waals surface area (Å²) in [6.07, 6.45) is 1.89. The van der Waals surface area contributed by atoms with Crippen molar-refractivity contribution < 1.29 is 23.8 Å². The second kappa shape index (κ2) is 22.8. The number of aromatic nitrogens is 2. The number of anilines is 1. The normalized spacial score (nSPS) is 12.1. The molecule has 2 heterocycles. The summed E-state index contributed by atoms with van der Waals surface area (Å²) in [4.78, 5) is 24.9. The number of aldehydes is 1. The number of aliphatic imine (C=N–C) groups is 1. The molecule has 0 spiro atoms. The van der Waals surface area contributed by atoms with Crippen LogP contribution in [0.25, 0.3) is 63.8 Å². The predicted octanol–water partition coefficient (Wildman–Crippen LogP) is 19.0. The SMILES string of the molecule is CC(C)(C)c1ccc(-c2cc(C(C)(C)C)cc3sc(-c4ccccc4N)nc23)cc1.CC(C)(C)c1ccc(-c2cc(C(C)(C)C)cc3sc(-c4ccccc4N=Cc4cccc(F)c4O)nc23)cc1.O=Cc1cccc(F)c1O. The number of nitrogen functional groups attached to an aromatic ring is 1. The summed E-state index contributed by atoms with van der Waals surface area (Å²) >= 11 is 3.36. The molecule has 0 saturated carbocycles. The number of rotatable bonds is 7. The van der Waals surface area contributed by atoms with E-state index in [4.69, 9.17) is 20.8 Å². The van der Waals surface area contributed by atoms with E-state index in [2.05, 4.69) is 167 Å². The van der Waals surface area contributed by atoms with E-state index in [0.29, 0.717) is 17.5 Å². The summed E-state index contributed by atoms with van der Waals surface area (Å²) in [6, 6.07) is 50.9. The van der Waals surface area contributed by atoms with Gasteiger partial charge in [-0.2, -0.15) is 0 Å². The molecule has 0 bridgehead atoms. The topological polar surface area (TPSA) is 122 Å². The summed E-state index contributed by atoms with van der Waals surface area (Å²) in [5.74, 6) is -2.44. The molecular formula is C68H68F2N4O3S2. The highest BCUT2D eigenvalue weighted by Crippen LogP contribution is 2.44. The van der Waals surface area contributed by atoms with Gasteiger partial charge in [0.05, 0.1) is 31.7 Å². The lowest BCUT2D eigenvalue weighted by Crippen LogP contribution is -2.11. The maximum atomic E-state index is 13.8. The molecule has 0 atom stereocenters. The van der Waals surface area contributed by atoms with E-state index in [1.165, 1.54) is 62.5 Å². The van der Waals surface area contributed by atoms with Crippen molar-refractivity contribution in [1.82, 2.24) is 9.97 Å². The molecule has 10 rings (SSSR count). The minimum atomic E-state index is -0.774. The van der Waals surface area contributed by atoms with Crippen LogP contribution in [0.2, 0.25) is 0 Å². The van der Waals surface area contributed by atoms with Crippen molar-refractivity contribution in [2.45, 2.75) is 105 Å². The van der Waals surface area contributed by atoms with Crippen LogP contribution in [-0.2, 0) is 21.7 Å². The number of aromatic hydroxyl groups is 2. The molecule has 11 heteroatoms. The first-order chi connectivity index (χ1) is 37.2. The molecule has 404 valence electrons. The smallest absolute Gasteiger partial charge is 0.165 e. The van der Waals surface area contributed by atoms with Crippen LogP contribution in [-0.4, -0.2) is 32.7 Å². The Morgan fingerprint density at radius 1 is 0.468 bits per heavy atom. The molecule has 2 aromatic heterocycles. The summed E-state index contributed by atoms with van der Waals surface area (Å²) < 4.78 is 28.5. The van der Waals surface area contributed by atoms with Crippen molar-refractivity contribution in [1.29, 1.82) is 0 Å². The third-order valence-corrected chi connectivity index (χ3v) is 15.7. The van der Waals surface area contributed by atoms with Crippen molar-refractivity contribution >= 4 is 67.0 Å². The molecule has 7 nitrogen and oxygen atoms in total. The highest BCUT2D eigenvalue weighted by molar-refractivity contribution is 7.22. The number of hydrogen-bond donors (Lipinski definition) is 3. The van der Waals surface area contributed by atoms with E-state index < -0.39 is 23.1 Å². The summed E-state index contributed by atoms with van der Waals surface area (Å²) in [6.45, 7) is 26.9. The number of thiazole rings is 2. The van der Waals surface area contributed by atoms with E-state index in [1.807, 2.05) is 42.5 Å². The Morgan fingerprint density at radius 3 is 1.30 bits per heavy atom. The van der Waals surface area contributed by atoms with Crippen LogP contribution >= 0.6 is 22.7 Å². The van der Waals surface area contributed by atoms with Crippen LogP contribution in [0.15, 0.2) is 163 Å². The molecule has 0 unspecified atom stereocenters. The van der Waals surface area contributed by atoms with Gasteiger partial charge in [0.2, 0.25) is 0 Å². The van der Waals surface area contributed by atoms with Gasteiger partial charge in [0, 0.05) is 39.7 Å². The molecule has 0 amide bonds. The number of nitrogens with zero attached hydrogens (tertiary/aromatic N) is 3. The van der Waals surface area contributed by atoms with Gasteiger partial charge in [-0.05, 0) is 128 Å². The zero-order valence-electron chi connectivity index (χ0n) is 47.0. The molecule has 0 saturated heterocycles. The number of para-hydroxylation sites is 4. The number of fused-ring (bicyclic) bond motifs is 2. The van der Waals surface area contributed by atoms with E-state index >= 15 is 0 Å². The van der Waals surface area contributed by atoms with Crippen LogP contribution in [0.1, 0.15) is 121 Å². The Balaban J connectivity index is 0.000000181. The Kier molecular flexibility index (Phi) is 16.6. The maximum absolute atomic E-state index is 13.8. The van der Waals surface area contributed by atoms with Crippen LogP contribution < -0.4 is 5.73 Å². The van der Waals surface area contributed by atoms with Crippen LogP contribution in [0.3, 0.4) is 0 Å². The third-order valence-electron chi connectivity index (χ3n) is 13.7. The predicted molar refractivity (Wildman–Crippen MR) is 329 cm³/mol. The summed E-state index contributed by atoms with van der Waals surface area (Å²) in [5.41, 5.74) is 22.0. The highest BCUT2D eigenvalue weighted by atomic mass is 32.1. The number of carbonyl (C=O) groups excluding carboxylic acids is 1. The van der Waals surface area contributed by atoms with Crippen molar-refractivity contribution in [2.75, 3.05) is 5.73 Å². The molecule has 0 aliphatic carbocycles. The Morgan fingerprint density at radius 2 is 0.873 bits per heavy atom. The first-order valence-electron chi connectivity index (χ1n) is 26.2. The molecule has 79 heavy (non-hydrogen) atoms. The quantitative estimate of drug-likeness (QED) is 0.0830. The molecule has 10 aromatic rings. The average molecular weight is 1090 g/mol. The Labute approximate surface area is 471 Å². The van der Waals surface area contributed by atoms with Crippen molar-refractivity contribution in [2.24, 2.45) is 4.99 Å². The van der Waals surface area contributed by atoms with E-state index in [9.17, 15) is 18.7 Å². The lowest BCUT2D eigenvalue weighted by molar-refractivity contribution is 0.112. The molecule has 0 aliphatic heterocycles. The maximum Gasteiger partial charge on any atom is 0.165 e. The fourth-order valence-corrected chi connectivity index (χ4v) is 10.9. The van der Waals surface area contributed by atoms with Gasteiger partial charge in [-0.3, -0.25) is 9.79 Å². The molecule has 0 radical (unpaired) electrons. The fourth-order valence-electron chi connectivity index (χ4n) is 8.76. The molecule has 4 N–H and O–H groups in total. The molecule has 8 aromatic carbocycles. The first-order valence-corrected chi connectivity index (χ1v) is 27.8. The number of hydrogen-bond acceptors (Lipinski definition) is 9. The fraction of sp³-hybridized carbons (Fsp3) is 0.235.